The monoisotopic (exact) mass is 449 g/mol. The van der Waals surface area contributed by atoms with E-state index in [1.807, 2.05) is 0 Å². The summed E-state index contributed by atoms with van der Waals surface area (Å²) in [6.45, 7) is 0.786. The highest BCUT2D eigenvalue weighted by atomic mass is 19.3. The lowest BCUT2D eigenvalue weighted by molar-refractivity contribution is -0.143. The highest BCUT2D eigenvalue weighted by molar-refractivity contribution is 5.77. The Morgan fingerprint density at radius 3 is 2.44 bits per heavy atom. The number of rotatable bonds is 6. The lowest BCUT2D eigenvalue weighted by Gasteiger charge is -2.31. The minimum absolute atomic E-state index is 0.0393. The fraction of sp³-hybridized carbons (Fsp3) is 0.522. The number of fused-ring (bicyclic) bond motifs is 1. The summed E-state index contributed by atoms with van der Waals surface area (Å²) in [5.41, 5.74) is 1.57. The quantitative estimate of drug-likeness (QED) is 0.718. The maximum absolute atomic E-state index is 13.6. The van der Waals surface area contributed by atoms with Gasteiger partial charge in [-0.2, -0.15) is 5.10 Å². The number of carboxylic acid groups (broad SMARTS) is 1. The van der Waals surface area contributed by atoms with Crippen LogP contribution >= 0.6 is 0 Å². The van der Waals surface area contributed by atoms with Gasteiger partial charge >= 0.3 is 5.97 Å². The number of alkyl halides is 2. The zero-order chi connectivity index (χ0) is 22.8. The van der Waals surface area contributed by atoms with Gasteiger partial charge in [0.1, 0.15) is 11.5 Å². The predicted molar refractivity (Wildman–Crippen MR) is 110 cm³/mol. The Morgan fingerprint density at radius 1 is 1.12 bits per heavy atom. The molecule has 0 radical (unpaired) electrons. The molecular weight excluding hydrogens is 423 g/mol. The Kier molecular flexibility index (Phi) is 6.53. The van der Waals surface area contributed by atoms with Crippen LogP contribution in [-0.4, -0.2) is 38.2 Å². The molecule has 1 N–H and O–H groups in total. The molecule has 0 saturated heterocycles. The van der Waals surface area contributed by atoms with Gasteiger partial charge in [0.15, 0.2) is 0 Å². The molecule has 172 valence electrons. The standard InChI is InChI=1S/C23H26F3N3O3/c24-17-7-3-15(4-8-17)12-29-19-13-28(10-9-18(19)21(27-29)22(25)26)20(30)11-14-1-5-16(6-2-14)23(31)32/h3-4,7-8,14,16,22H,1-2,5-6,9-13H2,(H,31,32). The van der Waals surface area contributed by atoms with E-state index in [4.69, 9.17) is 5.11 Å². The van der Waals surface area contributed by atoms with Gasteiger partial charge in [-0.25, -0.2) is 13.2 Å². The molecule has 2 aliphatic rings. The van der Waals surface area contributed by atoms with Crippen molar-refractivity contribution in [1.82, 2.24) is 14.7 Å². The first kappa shape index (κ1) is 22.4. The van der Waals surface area contributed by atoms with Crippen LogP contribution in [0.2, 0.25) is 0 Å². The predicted octanol–water partition coefficient (Wildman–Crippen LogP) is 4.17. The van der Waals surface area contributed by atoms with Crippen LogP contribution < -0.4 is 0 Å². The Morgan fingerprint density at radius 2 is 1.81 bits per heavy atom. The number of aromatic nitrogens is 2. The Bertz CT molecular complexity index is 982. The molecule has 0 bridgehead atoms. The molecular formula is C23H26F3N3O3. The molecule has 1 aromatic heterocycles. The van der Waals surface area contributed by atoms with Crippen molar-refractivity contribution in [2.45, 2.75) is 58.0 Å². The number of halogens is 3. The third-order valence-corrected chi connectivity index (χ3v) is 6.63. The summed E-state index contributed by atoms with van der Waals surface area (Å²) in [5.74, 6) is -1.36. The van der Waals surface area contributed by atoms with Crippen LogP contribution in [0.3, 0.4) is 0 Å². The summed E-state index contributed by atoms with van der Waals surface area (Å²) in [6, 6.07) is 5.80. The number of amides is 1. The molecule has 32 heavy (non-hydrogen) atoms. The summed E-state index contributed by atoms with van der Waals surface area (Å²) in [6.07, 6.45) is 0.537. The van der Waals surface area contributed by atoms with Crippen LogP contribution in [0, 0.1) is 17.7 Å². The largest absolute Gasteiger partial charge is 0.481 e. The van der Waals surface area contributed by atoms with Crippen LogP contribution in [0.15, 0.2) is 24.3 Å². The van der Waals surface area contributed by atoms with Crippen LogP contribution in [0.5, 0.6) is 0 Å². The lowest BCUT2D eigenvalue weighted by atomic mass is 9.80. The molecule has 1 aromatic carbocycles. The van der Waals surface area contributed by atoms with Gasteiger partial charge in [-0.05, 0) is 55.7 Å². The number of carbonyl (C=O) groups is 2. The summed E-state index contributed by atoms with van der Waals surface area (Å²) < 4.78 is 41.8. The number of nitrogens with zero attached hydrogens (tertiary/aromatic N) is 3. The van der Waals surface area contributed by atoms with Gasteiger partial charge in [0.2, 0.25) is 5.91 Å². The van der Waals surface area contributed by atoms with Gasteiger partial charge < -0.3 is 10.0 Å². The summed E-state index contributed by atoms with van der Waals surface area (Å²) >= 11 is 0. The van der Waals surface area contributed by atoms with Gasteiger partial charge in [0.05, 0.1) is 24.7 Å². The second-order valence-corrected chi connectivity index (χ2v) is 8.72. The van der Waals surface area contributed by atoms with Crippen LogP contribution in [0.1, 0.15) is 61.0 Å². The summed E-state index contributed by atoms with van der Waals surface area (Å²) in [7, 11) is 0. The summed E-state index contributed by atoms with van der Waals surface area (Å²) in [5, 5.41) is 13.3. The van der Waals surface area contributed by atoms with E-state index < -0.39 is 12.4 Å². The maximum atomic E-state index is 13.6. The fourth-order valence-electron chi connectivity index (χ4n) is 4.78. The first-order valence-electron chi connectivity index (χ1n) is 10.9. The zero-order valence-corrected chi connectivity index (χ0v) is 17.6. The van der Waals surface area contributed by atoms with Gasteiger partial charge in [-0.3, -0.25) is 14.3 Å². The van der Waals surface area contributed by atoms with Crippen LogP contribution in [0.25, 0.3) is 0 Å². The second kappa shape index (κ2) is 9.34. The number of carboxylic acids is 1. The Labute approximate surface area is 184 Å². The molecule has 0 unspecified atom stereocenters. The topological polar surface area (TPSA) is 75.4 Å². The fourth-order valence-corrected chi connectivity index (χ4v) is 4.78. The molecule has 1 aliphatic carbocycles. The minimum Gasteiger partial charge on any atom is -0.481 e. The molecule has 4 rings (SSSR count). The van der Waals surface area contributed by atoms with E-state index in [0.717, 1.165) is 5.56 Å². The molecule has 0 atom stereocenters. The minimum atomic E-state index is -2.70. The zero-order valence-electron chi connectivity index (χ0n) is 17.6. The molecule has 1 amide bonds. The average molecular weight is 449 g/mol. The Balaban J connectivity index is 1.46. The van der Waals surface area contributed by atoms with Crippen molar-refractivity contribution in [3.05, 3.63) is 52.6 Å². The molecule has 9 heteroatoms. The van der Waals surface area contributed by atoms with E-state index >= 15 is 0 Å². The second-order valence-electron chi connectivity index (χ2n) is 8.72. The Hall–Kier alpha value is -2.84. The van der Waals surface area contributed by atoms with Crippen molar-refractivity contribution in [2.24, 2.45) is 11.8 Å². The molecule has 2 heterocycles. The van der Waals surface area contributed by atoms with Crippen molar-refractivity contribution in [2.75, 3.05) is 6.54 Å². The smallest absolute Gasteiger partial charge is 0.306 e. The molecule has 1 aliphatic heterocycles. The van der Waals surface area contributed by atoms with E-state index in [9.17, 15) is 22.8 Å². The van der Waals surface area contributed by atoms with Crippen molar-refractivity contribution < 1.29 is 27.9 Å². The number of benzene rings is 1. The van der Waals surface area contributed by atoms with Crippen LogP contribution in [0.4, 0.5) is 13.2 Å². The first-order valence-corrected chi connectivity index (χ1v) is 10.9. The molecule has 2 aromatic rings. The first-order chi connectivity index (χ1) is 15.3. The van der Waals surface area contributed by atoms with Crippen LogP contribution in [-0.2, 0) is 29.1 Å². The highest BCUT2D eigenvalue weighted by Gasteiger charge is 2.32. The van der Waals surface area contributed by atoms with E-state index in [2.05, 4.69) is 5.10 Å². The highest BCUT2D eigenvalue weighted by Crippen LogP contribution is 2.33. The van der Waals surface area contributed by atoms with E-state index in [-0.39, 0.29) is 42.3 Å². The number of carbonyl (C=O) groups excluding carboxylic acids is 1. The van der Waals surface area contributed by atoms with Crippen molar-refractivity contribution in [3.8, 4) is 0 Å². The lowest BCUT2D eigenvalue weighted by Crippen LogP contribution is -2.38. The number of hydrogen-bond acceptors (Lipinski definition) is 3. The number of aliphatic carboxylic acids is 1. The average Bonchev–Trinajstić information content (AvgIpc) is 3.13. The normalized spacial score (nSPS) is 20.9. The van der Waals surface area contributed by atoms with Gasteiger partial charge in [0.25, 0.3) is 6.43 Å². The van der Waals surface area contributed by atoms with Crippen molar-refractivity contribution in [3.63, 3.8) is 0 Å². The molecule has 6 nitrogen and oxygen atoms in total. The third kappa shape index (κ3) is 4.81. The molecule has 1 fully saturated rings. The third-order valence-electron chi connectivity index (χ3n) is 6.63. The van der Waals surface area contributed by atoms with Gasteiger partial charge in [0, 0.05) is 18.5 Å². The maximum Gasteiger partial charge on any atom is 0.306 e. The van der Waals surface area contributed by atoms with Gasteiger partial charge in [-0.1, -0.05) is 12.1 Å². The van der Waals surface area contributed by atoms with Crippen molar-refractivity contribution in [1.29, 1.82) is 0 Å². The van der Waals surface area contributed by atoms with E-state index in [0.29, 0.717) is 56.3 Å². The SMILES string of the molecule is O=C(O)C1CCC(CC(=O)N2CCc3c(C(F)F)nn(Cc4ccc(F)cc4)c3C2)CC1. The van der Waals surface area contributed by atoms with E-state index in [1.54, 1.807) is 17.0 Å². The molecule has 1 saturated carbocycles. The van der Waals surface area contributed by atoms with Crippen molar-refractivity contribution >= 4 is 11.9 Å². The number of hydrogen-bond donors (Lipinski definition) is 1. The van der Waals surface area contributed by atoms with E-state index in [1.165, 1.54) is 16.8 Å². The summed E-state index contributed by atoms with van der Waals surface area (Å²) in [4.78, 5) is 25.7. The van der Waals surface area contributed by atoms with Gasteiger partial charge in [-0.15, -0.1) is 0 Å². The molecule has 0 spiro atoms.